The van der Waals surface area contributed by atoms with Crippen LogP contribution in [0.2, 0.25) is 0 Å². The molecule has 7 heteroatoms. The van der Waals surface area contributed by atoms with Crippen molar-refractivity contribution in [3.63, 3.8) is 0 Å². The monoisotopic (exact) mass is 412 g/mol. The standard InChI is InChI=1S/C21H28N4O3.C2H4/c1-14(7-4-2-3-5-12-22)23-17-9-6-8-15-16(17)13-25(21(15)28)18-10-11-19(26)24-20(18)27;1-2/h6,8-9,18,23H,1-5,7,10-13,22H2,(H,24,26,27);1-2H2. The number of hydrogen-bond donors (Lipinski definition) is 3. The van der Waals surface area contributed by atoms with Gasteiger partial charge in [-0.2, -0.15) is 0 Å². The van der Waals surface area contributed by atoms with Crippen LogP contribution in [-0.4, -0.2) is 35.2 Å². The molecule has 7 nitrogen and oxygen atoms in total. The second kappa shape index (κ2) is 11.3. The van der Waals surface area contributed by atoms with Gasteiger partial charge < -0.3 is 16.0 Å². The molecule has 162 valence electrons. The fourth-order valence-corrected chi connectivity index (χ4v) is 3.79. The summed E-state index contributed by atoms with van der Waals surface area (Å²) in [5.74, 6) is -0.843. The molecule has 2 heterocycles. The summed E-state index contributed by atoms with van der Waals surface area (Å²) in [5, 5.41) is 5.67. The van der Waals surface area contributed by atoms with Crippen molar-refractivity contribution < 1.29 is 14.4 Å². The van der Waals surface area contributed by atoms with Crippen LogP contribution in [0, 0.1) is 0 Å². The van der Waals surface area contributed by atoms with Crippen LogP contribution >= 0.6 is 0 Å². The van der Waals surface area contributed by atoms with E-state index in [0.29, 0.717) is 18.5 Å². The average molecular weight is 413 g/mol. The van der Waals surface area contributed by atoms with Crippen LogP contribution in [-0.2, 0) is 16.1 Å². The van der Waals surface area contributed by atoms with Crippen molar-refractivity contribution in [3.05, 3.63) is 54.8 Å². The van der Waals surface area contributed by atoms with E-state index in [4.69, 9.17) is 5.73 Å². The number of anilines is 1. The van der Waals surface area contributed by atoms with Gasteiger partial charge >= 0.3 is 0 Å². The first-order valence-electron chi connectivity index (χ1n) is 10.4. The smallest absolute Gasteiger partial charge is 0.255 e. The lowest BCUT2D eigenvalue weighted by atomic mass is 10.0. The van der Waals surface area contributed by atoms with Gasteiger partial charge in [-0.1, -0.05) is 25.5 Å². The molecular formula is C23H32N4O3. The third-order valence-electron chi connectivity index (χ3n) is 5.33. The molecule has 0 bridgehead atoms. The molecule has 0 aliphatic carbocycles. The Labute approximate surface area is 178 Å². The highest BCUT2D eigenvalue weighted by Crippen LogP contribution is 2.33. The number of imide groups is 1. The van der Waals surface area contributed by atoms with Crippen molar-refractivity contribution in [2.75, 3.05) is 11.9 Å². The first-order chi connectivity index (χ1) is 14.5. The second-order valence-corrected chi connectivity index (χ2v) is 7.41. The van der Waals surface area contributed by atoms with Gasteiger partial charge in [0.1, 0.15) is 6.04 Å². The quantitative estimate of drug-likeness (QED) is 0.328. The fourth-order valence-electron chi connectivity index (χ4n) is 3.79. The lowest BCUT2D eigenvalue weighted by molar-refractivity contribution is -0.136. The van der Waals surface area contributed by atoms with Gasteiger partial charge in [-0.3, -0.25) is 19.7 Å². The summed E-state index contributed by atoms with van der Waals surface area (Å²) in [6, 6.07) is 4.95. The van der Waals surface area contributed by atoms with Crippen LogP contribution in [0.25, 0.3) is 0 Å². The molecular weight excluding hydrogens is 380 g/mol. The number of unbranched alkanes of at least 4 members (excludes halogenated alkanes) is 3. The van der Waals surface area contributed by atoms with Gasteiger partial charge in [0.25, 0.3) is 5.91 Å². The van der Waals surface area contributed by atoms with Crippen LogP contribution in [0.4, 0.5) is 5.69 Å². The summed E-state index contributed by atoms with van der Waals surface area (Å²) in [4.78, 5) is 38.0. The molecule has 1 aromatic rings. The molecule has 0 spiro atoms. The minimum atomic E-state index is -0.601. The highest BCUT2D eigenvalue weighted by atomic mass is 16.2. The number of nitrogens with zero attached hydrogens (tertiary/aromatic N) is 1. The number of carbonyl (C=O) groups excluding carboxylic acids is 3. The maximum absolute atomic E-state index is 12.8. The van der Waals surface area contributed by atoms with Gasteiger partial charge in [0.05, 0.1) is 0 Å². The summed E-state index contributed by atoms with van der Waals surface area (Å²) < 4.78 is 0. The third-order valence-corrected chi connectivity index (χ3v) is 5.33. The fraction of sp³-hybridized carbons (Fsp3) is 0.435. The second-order valence-electron chi connectivity index (χ2n) is 7.41. The van der Waals surface area contributed by atoms with Crippen molar-refractivity contribution in [2.24, 2.45) is 5.73 Å². The van der Waals surface area contributed by atoms with Crippen molar-refractivity contribution >= 4 is 23.4 Å². The number of amides is 3. The van der Waals surface area contributed by atoms with Crippen LogP contribution < -0.4 is 16.4 Å². The molecule has 3 rings (SSSR count). The number of nitrogens with two attached hydrogens (primary N) is 1. The van der Waals surface area contributed by atoms with Crippen LogP contribution in [0.1, 0.15) is 60.9 Å². The predicted octanol–water partition coefficient (Wildman–Crippen LogP) is 3.08. The number of rotatable bonds is 9. The number of allylic oxidation sites excluding steroid dienone is 1. The first-order valence-corrected chi connectivity index (χ1v) is 10.4. The molecule has 1 unspecified atom stereocenters. The van der Waals surface area contributed by atoms with Crippen LogP contribution in [0.3, 0.4) is 0 Å². The number of benzene rings is 1. The molecule has 3 amide bonds. The Morgan fingerprint density at radius 1 is 1.17 bits per heavy atom. The summed E-state index contributed by atoms with van der Waals surface area (Å²) >= 11 is 0. The van der Waals surface area contributed by atoms with Gasteiger partial charge in [0, 0.05) is 35.5 Å². The van der Waals surface area contributed by atoms with Crippen molar-refractivity contribution in [2.45, 2.75) is 57.5 Å². The van der Waals surface area contributed by atoms with E-state index in [1.54, 1.807) is 11.0 Å². The Bertz CT molecular complexity index is 806. The third kappa shape index (κ3) is 5.57. The maximum atomic E-state index is 12.8. The largest absolute Gasteiger partial charge is 0.359 e. The highest BCUT2D eigenvalue weighted by Gasteiger charge is 2.39. The number of piperidine rings is 1. The highest BCUT2D eigenvalue weighted by molar-refractivity contribution is 6.06. The molecule has 0 saturated carbocycles. The van der Waals surface area contributed by atoms with E-state index in [0.717, 1.165) is 55.6 Å². The first kappa shape index (κ1) is 23.3. The van der Waals surface area contributed by atoms with Gasteiger partial charge in [-0.15, -0.1) is 13.2 Å². The Hall–Kier alpha value is -2.93. The lowest BCUT2D eigenvalue weighted by Crippen LogP contribution is -2.52. The minimum absolute atomic E-state index is 0.166. The molecule has 1 saturated heterocycles. The van der Waals surface area contributed by atoms with Crippen molar-refractivity contribution in [1.29, 1.82) is 0 Å². The molecule has 30 heavy (non-hydrogen) atoms. The summed E-state index contributed by atoms with van der Waals surface area (Å²) in [7, 11) is 0. The van der Waals surface area contributed by atoms with Gasteiger partial charge in [-0.25, -0.2) is 0 Å². The predicted molar refractivity (Wildman–Crippen MR) is 119 cm³/mol. The van der Waals surface area contributed by atoms with E-state index < -0.39 is 11.9 Å². The summed E-state index contributed by atoms with van der Waals surface area (Å²) in [6.07, 6.45) is 5.81. The molecule has 1 atom stereocenters. The van der Waals surface area contributed by atoms with E-state index in [1.807, 2.05) is 12.1 Å². The van der Waals surface area contributed by atoms with Crippen LogP contribution in [0.15, 0.2) is 43.6 Å². The number of fused-ring (bicyclic) bond motifs is 1. The molecule has 2 aliphatic rings. The molecule has 0 aromatic heterocycles. The van der Waals surface area contributed by atoms with E-state index in [2.05, 4.69) is 30.4 Å². The molecule has 0 radical (unpaired) electrons. The van der Waals surface area contributed by atoms with Crippen molar-refractivity contribution in [3.8, 4) is 0 Å². The topological polar surface area (TPSA) is 105 Å². The zero-order valence-corrected chi connectivity index (χ0v) is 17.5. The van der Waals surface area contributed by atoms with Crippen molar-refractivity contribution in [1.82, 2.24) is 10.2 Å². The Kier molecular flexibility index (Phi) is 8.80. The maximum Gasteiger partial charge on any atom is 0.255 e. The molecule has 1 aromatic carbocycles. The van der Waals surface area contributed by atoms with E-state index in [-0.39, 0.29) is 18.2 Å². The molecule has 2 aliphatic heterocycles. The van der Waals surface area contributed by atoms with Gasteiger partial charge in [0.15, 0.2) is 0 Å². The van der Waals surface area contributed by atoms with Gasteiger partial charge in [-0.05, 0) is 44.4 Å². The summed E-state index contributed by atoms with van der Waals surface area (Å²) in [5.41, 5.74) is 8.76. The average Bonchev–Trinajstić information content (AvgIpc) is 3.07. The Balaban J connectivity index is 0.00000155. The molecule has 4 N–H and O–H groups in total. The molecule has 1 fully saturated rings. The Morgan fingerprint density at radius 2 is 1.90 bits per heavy atom. The Morgan fingerprint density at radius 3 is 2.60 bits per heavy atom. The number of nitrogens with one attached hydrogen (secondary N) is 2. The van der Waals surface area contributed by atoms with Crippen LogP contribution in [0.5, 0.6) is 0 Å². The van der Waals surface area contributed by atoms with Gasteiger partial charge in [0.2, 0.25) is 11.8 Å². The van der Waals surface area contributed by atoms with E-state index in [9.17, 15) is 14.4 Å². The van der Waals surface area contributed by atoms with E-state index in [1.165, 1.54) is 0 Å². The number of hydrogen-bond acceptors (Lipinski definition) is 5. The number of carbonyl (C=O) groups is 3. The summed E-state index contributed by atoms with van der Waals surface area (Å²) in [6.45, 7) is 11.2. The SMILES string of the molecule is C=C.C=C(CCCCCCN)Nc1cccc2c1CN(C1CCC(=O)NC1=O)C2=O. The lowest BCUT2D eigenvalue weighted by Gasteiger charge is -2.29. The zero-order valence-electron chi connectivity index (χ0n) is 17.5. The van der Waals surface area contributed by atoms with E-state index >= 15 is 0 Å². The normalized spacial score (nSPS) is 17.7. The zero-order chi connectivity index (χ0) is 22.1. The minimum Gasteiger partial charge on any atom is -0.359 e.